The summed E-state index contributed by atoms with van der Waals surface area (Å²) in [4.78, 5) is 0. The van der Waals surface area contributed by atoms with E-state index in [1.807, 2.05) is 0 Å². The van der Waals surface area contributed by atoms with Crippen molar-refractivity contribution >= 4 is 8.78 Å². The zero-order valence-corrected chi connectivity index (χ0v) is 30.3. The van der Waals surface area contributed by atoms with E-state index in [1.54, 1.807) is 6.49 Å². The molecule has 236 valence electrons. The van der Waals surface area contributed by atoms with Gasteiger partial charge in [-0.3, -0.25) is 0 Å². The van der Waals surface area contributed by atoms with Crippen molar-refractivity contribution in [1.82, 2.24) is 0 Å². The molecule has 0 fully saturated rings. The molecule has 0 saturated carbocycles. The molecular formula is C49H36Zr. The van der Waals surface area contributed by atoms with Gasteiger partial charge >= 0.3 is 305 Å². The Balaban J connectivity index is 1.38. The van der Waals surface area contributed by atoms with Crippen molar-refractivity contribution < 1.29 is 21.3 Å². The molecule has 0 bridgehead atoms. The Labute approximate surface area is 302 Å². The van der Waals surface area contributed by atoms with Gasteiger partial charge in [-0.1, -0.05) is 0 Å². The van der Waals surface area contributed by atoms with Crippen LogP contribution in [-0.2, 0) is 21.3 Å². The van der Waals surface area contributed by atoms with Crippen molar-refractivity contribution in [3.8, 4) is 33.4 Å². The number of allylic oxidation sites excluding steroid dienone is 4. The van der Waals surface area contributed by atoms with Gasteiger partial charge in [-0.05, 0) is 0 Å². The molecule has 0 spiro atoms. The van der Waals surface area contributed by atoms with Crippen molar-refractivity contribution in [2.24, 2.45) is 0 Å². The van der Waals surface area contributed by atoms with Crippen LogP contribution in [-0.4, -0.2) is 3.21 Å². The summed E-state index contributed by atoms with van der Waals surface area (Å²) in [6, 6.07) is 70.0. The van der Waals surface area contributed by atoms with E-state index in [1.165, 1.54) is 66.8 Å². The van der Waals surface area contributed by atoms with Crippen molar-refractivity contribution in [2.45, 2.75) is 10.0 Å². The molecule has 2 aliphatic rings. The van der Waals surface area contributed by atoms with Crippen LogP contribution in [0.2, 0.25) is 0 Å². The zero-order chi connectivity index (χ0) is 33.3. The van der Waals surface area contributed by atoms with Crippen LogP contribution in [0.3, 0.4) is 0 Å². The van der Waals surface area contributed by atoms with Crippen molar-refractivity contribution in [3.05, 3.63) is 231 Å². The quantitative estimate of drug-likeness (QED) is 0.154. The minimum absolute atomic E-state index is 0.357. The summed E-state index contributed by atoms with van der Waals surface area (Å²) in [5.41, 5.74) is 16.2. The average molecular weight is 716 g/mol. The molecule has 0 radical (unpaired) electrons. The normalized spacial score (nSPS) is 13.3. The minimum atomic E-state index is -2.95. The van der Waals surface area contributed by atoms with E-state index in [2.05, 4.69) is 200 Å². The number of benzene rings is 7. The van der Waals surface area contributed by atoms with Crippen LogP contribution in [0.1, 0.15) is 37.9 Å². The molecule has 0 unspecified atom stereocenters. The van der Waals surface area contributed by atoms with Crippen LogP contribution < -0.4 is 0 Å². The van der Waals surface area contributed by atoms with Crippen molar-refractivity contribution in [1.29, 1.82) is 0 Å². The molecule has 0 amide bonds. The van der Waals surface area contributed by atoms with Gasteiger partial charge in [0.1, 0.15) is 0 Å². The molecule has 0 atom stereocenters. The van der Waals surface area contributed by atoms with Gasteiger partial charge in [-0.15, -0.1) is 0 Å². The Bertz CT molecular complexity index is 2270. The molecule has 0 N–H and O–H groups in total. The number of rotatable bonds is 7. The van der Waals surface area contributed by atoms with Crippen LogP contribution >= 0.6 is 0 Å². The van der Waals surface area contributed by atoms with E-state index in [0.717, 1.165) is 6.42 Å². The van der Waals surface area contributed by atoms with Gasteiger partial charge in [0, 0.05) is 0 Å². The molecule has 50 heavy (non-hydrogen) atoms. The van der Waals surface area contributed by atoms with Crippen molar-refractivity contribution in [3.63, 3.8) is 0 Å². The Morgan fingerprint density at radius 1 is 0.420 bits per heavy atom. The standard InChI is InChI=1S/C23H17.C13H9.C13H10.Zr/c1-3-9-18(10-4-1)21-15-22(19-11-5-2-6-12-19)17-23(16-21)20-13-7-8-14-20;1-3-7-12-10(5-1)9-11-6-2-4-8-13(11)12;1-3-7-12(8-4-1)11-13-9-5-2-6-10-13;/h1-7,9-13,15-17H,8H2;1-9H;1-10H;. The SMILES string of the molecule is C1=CC(c2cc(-c3ccccc3)cc(-c3ccccc3)c2)=[C]([Zr](=[C](c2ccccc2)c2ccccc2)[CH]2c3ccccc3-c3ccccc32)C1. The fourth-order valence-electron chi connectivity index (χ4n) is 8.03. The van der Waals surface area contributed by atoms with Gasteiger partial charge in [0.2, 0.25) is 0 Å². The maximum absolute atomic E-state index is 2.95. The van der Waals surface area contributed by atoms with Gasteiger partial charge in [0.05, 0.1) is 0 Å². The molecule has 0 heterocycles. The fraction of sp³-hybridized carbons (Fsp3) is 0.0408. The number of fused-ring (bicyclic) bond motifs is 3. The molecule has 2 aliphatic carbocycles. The van der Waals surface area contributed by atoms with E-state index in [4.69, 9.17) is 0 Å². The Hall–Kier alpha value is -5.23. The van der Waals surface area contributed by atoms with E-state index >= 15 is 0 Å². The van der Waals surface area contributed by atoms with Gasteiger partial charge in [0.25, 0.3) is 0 Å². The summed E-state index contributed by atoms with van der Waals surface area (Å²) in [6.45, 7) is 0. The molecule has 0 saturated heterocycles. The van der Waals surface area contributed by atoms with Gasteiger partial charge in [-0.2, -0.15) is 0 Å². The molecule has 9 rings (SSSR count). The predicted octanol–water partition coefficient (Wildman–Crippen LogP) is 12.3. The van der Waals surface area contributed by atoms with Crippen molar-refractivity contribution in [2.75, 3.05) is 0 Å². The van der Waals surface area contributed by atoms with Crippen LogP contribution in [0.15, 0.2) is 203 Å². The molecule has 1 heteroatoms. The first-order valence-electron chi connectivity index (χ1n) is 17.5. The zero-order valence-electron chi connectivity index (χ0n) is 27.8. The van der Waals surface area contributed by atoms with Crippen LogP contribution in [0.25, 0.3) is 39.0 Å². The Morgan fingerprint density at radius 2 is 0.840 bits per heavy atom. The molecule has 0 nitrogen and oxygen atoms in total. The van der Waals surface area contributed by atoms with Gasteiger partial charge < -0.3 is 0 Å². The Kier molecular flexibility index (Phi) is 8.37. The first kappa shape index (κ1) is 30.8. The number of hydrogen-bond acceptors (Lipinski definition) is 0. The van der Waals surface area contributed by atoms with Crippen LogP contribution in [0.4, 0.5) is 0 Å². The topological polar surface area (TPSA) is 0 Å². The Morgan fingerprint density at radius 3 is 1.34 bits per heavy atom. The summed E-state index contributed by atoms with van der Waals surface area (Å²) in [6.07, 6.45) is 5.86. The van der Waals surface area contributed by atoms with Crippen LogP contribution in [0, 0.1) is 0 Å². The second kappa shape index (κ2) is 13.6. The van der Waals surface area contributed by atoms with Gasteiger partial charge in [0.15, 0.2) is 0 Å². The molecule has 7 aromatic rings. The molecular weight excluding hydrogens is 680 g/mol. The summed E-state index contributed by atoms with van der Waals surface area (Å²) >= 11 is -2.95. The second-order valence-electron chi connectivity index (χ2n) is 13.2. The monoisotopic (exact) mass is 714 g/mol. The average Bonchev–Trinajstić information content (AvgIpc) is 3.82. The fourth-order valence-corrected chi connectivity index (χ4v) is 17.6. The van der Waals surface area contributed by atoms with Crippen LogP contribution in [0.5, 0.6) is 0 Å². The molecule has 0 aromatic heterocycles. The summed E-state index contributed by atoms with van der Waals surface area (Å²) in [7, 11) is 0. The summed E-state index contributed by atoms with van der Waals surface area (Å²) in [5.74, 6) is 0. The predicted molar refractivity (Wildman–Crippen MR) is 208 cm³/mol. The summed E-state index contributed by atoms with van der Waals surface area (Å²) < 4.78 is 3.59. The van der Waals surface area contributed by atoms with E-state index in [0.29, 0.717) is 3.63 Å². The second-order valence-corrected chi connectivity index (χ2v) is 19.3. The maximum atomic E-state index is 2.44. The third-order valence-corrected chi connectivity index (χ3v) is 18.7. The van der Waals surface area contributed by atoms with E-state index < -0.39 is 21.3 Å². The molecule has 7 aromatic carbocycles. The summed E-state index contributed by atoms with van der Waals surface area (Å²) in [5, 5.41) is 0. The van der Waals surface area contributed by atoms with Gasteiger partial charge in [-0.25, -0.2) is 0 Å². The first-order valence-corrected chi connectivity index (χ1v) is 21.4. The first-order chi connectivity index (χ1) is 24.8. The molecule has 0 aliphatic heterocycles. The number of hydrogen-bond donors (Lipinski definition) is 0. The van der Waals surface area contributed by atoms with E-state index in [9.17, 15) is 0 Å². The third kappa shape index (κ3) is 5.67. The third-order valence-electron chi connectivity index (χ3n) is 10.2. The van der Waals surface area contributed by atoms with E-state index in [-0.39, 0.29) is 0 Å².